The summed E-state index contributed by atoms with van der Waals surface area (Å²) in [5, 5.41) is 15.4. The summed E-state index contributed by atoms with van der Waals surface area (Å²) in [6, 6.07) is 24.9. The van der Waals surface area contributed by atoms with Gasteiger partial charge >= 0.3 is 12.1 Å². The molecule has 2 aliphatic carbocycles. The van der Waals surface area contributed by atoms with Gasteiger partial charge < -0.3 is 20.5 Å². The van der Waals surface area contributed by atoms with Crippen molar-refractivity contribution in [3.63, 3.8) is 0 Å². The van der Waals surface area contributed by atoms with Crippen LogP contribution in [0.4, 0.5) is 4.79 Å². The fourth-order valence-electron chi connectivity index (χ4n) is 6.21. The largest absolute Gasteiger partial charge is 0.480 e. The standard InChI is InChI=1S/C33H37N3O5/c1-36(19-22-10-3-2-4-11-22)20-30(32(38)39)34-31(37)18-23-12-9-17-29(23)35-33(40)41-21-28-26-15-7-5-13-24(26)25-14-6-8-16-27(25)28/h2-8,10-11,13-16,23,28-30H,9,12,17-21H2,1H3,(H,34,37)(H,35,40)(H,38,39)/t23-,29+,30?/m0/s1. The van der Waals surface area contributed by atoms with E-state index in [0.29, 0.717) is 6.54 Å². The van der Waals surface area contributed by atoms with E-state index in [9.17, 15) is 19.5 Å². The smallest absolute Gasteiger partial charge is 0.407 e. The molecule has 8 heteroatoms. The highest BCUT2D eigenvalue weighted by molar-refractivity contribution is 5.84. The Morgan fingerprint density at radius 1 is 0.927 bits per heavy atom. The predicted octanol–water partition coefficient (Wildman–Crippen LogP) is 4.79. The third-order valence-electron chi connectivity index (χ3n) is 8.18. The molecule has 2 amide bonds. The molecular weight excluding hydrogens is 518 g/mol. The molecule has 3 aromatic rings. The Kier molecular flexibility index (Phi) is 8.99. The molecule has 0 heterocycles. The second kappa shape index (κ2) is 13.0. The molecule has 3 atom stereocenters. The van der Waals surface area contributed by atoms with Crippen LogP contribution in [0.5, 0.6) is 0 Å². The zero-order chi connectivity index (χ0) is 28.8. The molecule has 0 aliphatic heterocycles. The van der Waals surface area contributed by atoms with Crippen molar-refractivity contribution < 1.29 is 24.2 Å². The number of rotatable bonds is 11. The van der Waals surface area contributed by atoms with E-state index in [1.165, 1.54) is 11.1 Å². The quantitative estimate of drug-likeness (QED) is 0.314. The molecule has 0 radical (unpaired) electrons. The maximum absolute atomic E-state index is 12.9. The number of likely N-dealkylation sites (N-methyl/N-ethyl adjacent to an activating group) is 1. The molecule has 0 spiro atoms. The number of carboxylic acid groups (broad SMARTS) is 1. The second-order valence-corrected chi connectivity index (χ2v) is 11.1. The number of ether oxygens (including phenoxy) is 1. The Morgan fingerprint density at radius 2 is 1.56 bits per heavy atom. The maximum Gasteiger partial charge on any atom is 0.407 e. The van der Waals surface area contributed by atoms with Gasteiger partial charge in [0.1, 0.15) is 12.6 Å². The Labute approximate surface area is 240 Å². The molecule has 1 saturated carbocycles. The van der Waals surface area contributed by atoms with Crippen molar-refractivity contribution in [2.45, 2.75) is 50.2 Å². The summed E-state index contributed by atoms with van der Waals surface area (Å²) < 4.78 is 5.71. The van der Waals surface area contributed by atoms with Crippen LogP contribution in [-0.4, -0.2) is 60.3 Å². The molecule has 0 aromatic heterocycles. The van der Waals surface area contributed by atoms with Gasteiger partial charge in [-0.3, -0.25) is 9.69 Å². The zero-order valence-corrected chi connectivity index (χ0v) is 23.3. The Morgan fingerprint density at radius 3 is 2.22 bits per heavy atom. The lowest BCUT2D eigenvalue weighted by Crippen LogP contribution is -2.48. The minimum Gasteiger partial charge on any atom is -0.480 e. The van der Waals surface area contributed by atoms with Crippen molar-refractivity contribution in [1.29, 1.82) is 0 Å². The van der Waals surface area contributed by atoms with Gasteiger partial charge in [-0.05, 0) is 53.6 Å². The number of hydrogen-bond acceptors (Lipinski definition) is 5. The van der Waals surface area contributed by atoms with E-state index in [2.05, 4.69) is 34.9 Å². The molecule has 41 heavy (non-hydrogen) atoms. The predicted molar refractivity (Wildman–Crippen MR) is 156 cm³/mol. The molecule has 5 rings (SSSR count). The van der Waals surface area contributed by atoms with Gasteiger partial charge in [0.25, 0.3) is 0 Å². The minimum absolute atomic E-state index is 0.0220. The lowest BCUT2D eigenvalue weighted by molar-refractivity contribution is -0.142. The van der Waals surface area contributed by atoms with Gasteiger partial charge in [0, 0.05) is 31.5 Å². The van der Waals surface area contributed by atoms with Gasteiger partial charge in [0.15, 0.2) is 0 Å². The monoisotopic (exact) mass is 555 g/mol. The number of hydrogen-bond donors (Lipinski definition) is 3. The van der Waals surface area contributed by atoms with Gasteiger partial charge in [0.2, 0.25) is 5.91 Å². The summed E-state index contributed by atoms with van der Waals surface area (Å²) in [6.07, 6.45) is 2.09. The first kappa shape index (κ1) is 28.4. The Bertz CT molecular complexity index is 1330. The average molecular weight is 556 g/mol. The summed E-state index contributed by atoms with van der Waals surface area (Å²) in [4.78, 5) is 39.5. The first-order valence-corrected chi connectivity index (χ1v) is 14.2. The van der Waals surface area contributed by atoms with Crippen molar-refractivity contribution in [2.24, 2.45) is 5.92 Å². The average Bonchev–Trinajstić information content (AvgIpc) is 3.53. The van der Waals surface area contributed by atoms with Crippen LogP contribution >= 0.6 is 0 Å². The van der Waals surface area contributed by atoms with Gasteiger partial charge in [-0.15, -0.1) is 0 Å². The minimum atomic E-state index is -1.07. The number of carboxylic acids is 1. The molecule has 3 N–H and O–H groups in total. The van der Waals surface area contributed by atoms with E-state index in [0.717, 1.165) is 36.0 Å². The van der Waals surface area contributed by atoms with E-state index >= 15 is 0 Å². The van der Waals surface area contributed by atoms with Crippen molar-refractivity contribution in [3.8, 4) is 11.1 Å². The number of benzene rings is 3. The fraction of sp³-hybridized carbons (Fsp3) is 0.364. The van der Waals surface area contributed by atoms with Crippen LogP contribution in [-0.2, 0) is 20.9 Å². The lowest BCUT2D eigenvalue weighted by Gasteiger charge is -2.24. The number of carbonyl (C=O) groups excluding carboxylic acids is 2. The molecule has 3 aromatic carbocycles. The SMILES string of the molecule is CN(Cc1ccccc1)CC(NC(=O)C[C@@H]1CCC[C@H]1NC(=O)OCC1c2ccccc2-c2ccccc21)C(=O)O. The molecule has 214 valence electrons. The maximum atomic E-state index is 12.9. The molecule has 2 aliphatic rings. The van der Waals surface area contributed by atoms with Crippen LogP contribution in [0.2, 0.25) is 0 Å². The first-order valence-electron chi connectivity index (χ1n) is 14.2. The van der Waals surface area contributed by atoms with E-state index in [1.54, 1.807) is 0 Å². The number of carbonyl (C=O) groups is 3. The van der Waals surface area contributed by atoms with Crippen molar-refractivity contribution in [2.75, 3.05) is 20.2 Å². The summed E-state index contributed by atoms with van der Waals surface area (Å²) in [7, 11) is 1.83. The number of nitrogens with one attached hydrogen (secondary N) is 2. The van der Waals surface area contributed by atoms with Crippen LogP contribution in [0.1, 0.15) is 48.3 Å². The number of aliphatic carboxylic acids is 1. The van der Waals surface area contributed by atoms with E-state index < -0.39 is 18.1 Å². The summed E-state index contributed by atoms with van der Waals surface area (Å²) >= 11 is 0. The molecule has 1 fully saturated rings. The van der Waals surface area contributed by atoms with Crippen LogP contribution in [0, 0.1) is 5.92 Å². The van der Waals surface area contributed by atoms with Crippen LogP contribution in [0.25, 0.3) is 11.1 Å². The van der Waals surface area contributed by atoms with Crippen LogP contribution in [0.15, 0.2) is 78.9 Å². The summed E-state index contributed by atoms with van der Waals surface area (Å²) in [5.41, 5.74) is 5.71. The topological polar surface area (TPSA) is 108 Å². The normalized spacial score (nSPS) is 18.4. The Hall–Kier alpha value is -4.17. The number of amides is 2. The van der Waals surface area contributed by atoms with Crippen molar-refractivity contribution in [3.05, 3.63) is 95.6 Å². The Balaban J connectivity index is 1.11. The number of nitrogens with zero attached hydrogens (tertiary/aromatic N) is 1. The lowest BCUT2D eigenvalue weighted by atomic mass is 9.98. The molecule has 0 bridgehead atoms. The number of fused-ring (bicyclic) bond motifs is 3. The third-order valence-corrected chi connectivity index (χ3v) is 8.18. The third kappa shape index (κ3) is 6.95. The van der Waals surface area contributed by atoms with Gasteiger partial charge in [-0.1, -0.05) is 85.3 Å². The highest BCUT2D eigenvalue weighted by Crippen LogP contribution is 2.44. The molecule has 1 unspecified atom stereocenters. The fourth-order valence-corrected chi connectivity index (χ4v) is 6.21. The van der Waals surface area contributed by atoms with Gasteiger partial charge in [0.05, 0.1) is 0 Å². The highest BCUT2D eigenvalue weighted by atomic mass is 16.5. The van der Waals surface area contributed by atoms with E-state index in [1.807, 2.05) is 66.5 Å². The van der Waals surface area contributed by atoms with Gasteiger partial charge in [-0.2, -0.15) is 0 Å². The zero-order valence-electron chi connectivity index (χ0n) is 23.3. The second-order valence-electron chi connectivity index (χ2n) is 11.1. The van der Waals surface area contributed by atoms with E-state index in [4.69, 9.17) is 4.74 Å². The summed E-state index contributed by atoms with van der Waals surface area (Å²) in [5.74, 6) is -1.49. The molecule has 8 nitrogen and oxygen atoms in total. The number of alkyl carbamates (subject to hydrolysis) is 1. The van der Waals surface area contributed by atoms with Gasteiger partial charge in [-0.25, -0.2) is 9.59 Å². The molecule has 0 saturated heterocycles. The summed E-state index contributed by atoms with van der Waals surface area (Å²) in [6.45, 7) is 0.992. The first-order chi connectivity index (χ1) is 19.9. The molecular formula is C33H37N3O5. The van der Waals surface area contributed by atoms with Crippen LogP contribution < -0.4 is 10.6 Å². The van der Waals surface area contributed by atoms with Crippen molar-refractivity contribution in [1.82, 2.24) is 15.5 Å². The van der Waals surface area contributed by atoms with Crippen molar-refractivity contribution >= 4 is 18.0 Å². The van der Waals surface area contributed by atoms with Crippen LogP contribution in [0.3, 0.4) is 0 Å². The van der Waals surface area contributed by atoms with E-state index in [-0.39, 0.29) is 43.4 Å². The highest BCUT2D eigenvalue weighted by Gasteiger charge is 2.33.